The minimum Gasteiger partial charge on any atom is -0.392 e. The fourth-order valence-corrected chi connectivity index (χ4v) is 1.48. The molecular formula is C9H20N2O. The van der Waals surface area contributed by atoms with E-state index in [1.807, 2.05) is 6.92 Å². The summed E-state index contributed by atoms with van der Waals surface area (Å²) in [6, 6.07) is 0. The number of nitrogens with one attached hydrogen (secondary N) is 2. The molecule has 1 saturated heterocycles. The maximum atomic E-state index is 9.35. The third kappa shape index (κ3) is 2.73. The molecule has 0 bridgehead atoms. The van der Waals surface area contributed by atoms with Gasteiger partial charge in [0, 0.05) is 18.6 Å². The number of aliphatic hydroxyl groups is 1. The van der Waals surface area contributed by atoms with Crippen molar-refractivity contribution >= 4 is 0 Å². The summed E-state index contributed by atoms with van der Waals surface area (Å²) < 4.78 is 0. The van der Waals surface area contributed by atoms with Gasteiger partial charge in [0.25, 0.3) is 0 Å². The monoisotopic (exact) mass is 172 g/mol. The van der Waals surface area contributed by atoms with Crippen LogP contribution in [0.4, 0.5) is 0 Å². The van der Waals surface area contributed by atoms with Crippen LogP contribution >= 0.6 is 0 Å². The van der Waals surface area contributed by atoms with Gasteiger partial charge in [-0.3, -0.25) is 0 Å². The first-order valence-corrected chi connectivity index (χ1v) is 4.80. The molecule has 1 rings (SSSR count). The van der Waals surface area contributed by atoms with Crippen LogP contribution in [0, 0.1) is 0 Å². The Morgan fingerprint density at radius 1 is 1.67 bits per heavy atom. The second-order valence-electron chi connectivity index (χ2n) is 3.93. The number of hydrogen-bond acceptors (Lipinski definition) is 3. The SMILES string of the molecule is CCC(O)CNC1(C)CCNC1. The van der Waals surface area contributed by atoms with Crippen LogP contribution in [0.2, 0.25) is 0 Å². The molecule has 3 N–H and O–H groups in total. The van der Waals surface area contributed by atoms with Crippen molar-refractivity contribution in [2.24, 2.45) is 0 Å². The van der Waals surface area contributed by atoms with E-state index in [9.17, 15) is 5.11 Å². The molecule has 72 valence electrons. The molecule has 0 aromatic carbocycles. The van der Waals surface area contributed by atoms with Crippen LogP contribution in [0.1, 0.15) is 26.7 Å². The molecule has 0 radical (unpaired) electrons. The molecule has 0 aromatic rings. The van der Waals surface area contributed by atoms with E-state index < -0.39 is 0 Å². The van der Waals surface area contributed by atoms with Crippen LogP contribution in [0.25, 0.3) is 0 Å². The normalized spacial score (nSPS) is 32.2. The molecule has 0 amide bonds. The summed E-state index contributed by atoms with van der Waals surface area (Å²) in [5, 5.41) is 16.1. The van der Waals surface area contributed by atoms with Gasteiger partial charge in [0.2, 0.25) is 0 Å². The highest BCUT2D eigenvalue weighted by molar-refractivity contribution is 4.91. The Morgan fingerprint density at radius 3 is 2.92 bits per heavy atom. The van der Waals surface area contributed by atoms with Gasteiger partial charge in [0.05, 0.1) is 6.10 Å². The fraction of sp³-hybridized carbons (Fsp3) is 1.00. The Bertz CT molecular complexity index is 132. The number of aliphatic hydroxyl groups excluding tert-OH is 1. The van der Waals surface area contributed by atoms with Crippen molar-refractivity contribution in [2.75, 3.05) is 19.6 Å². The quantitative estimate of drug-likeness (QED) is 0.563. The van der Waals surface area contributed by atoms with Gasteiger partial charge in [-0.1, -0.05) is 6.92 Å². The third-order valence-corrected chi connectivity index (χ3v) is 2.60. The fourth-order valence-electron chi connectivity index (χ4n) is 1.48. The Hall–Kier alpha value is -0.120. The van der Waals surface area contributed by atoms with E-state index in [-0.39, 0.29) is 11.6 Å². The van der Waals surface area contributed by atoms with E-state index in [2.05, 4.69) is 17.6 Å². The van der Waals surface area contributed by atoms with Gasteiger partial charge in [-0.2, -0.15) is 0 Å². The van der Waals surface area contributed by atoms with Crippen molar-refractivity contribution in [2.45, 2.75) is 38.3 Å². The van der Waals surface area contributed by atoms with Gasteiger partial charge in [0.15, 0.2) is 0 Å². The lowest BCUT2D eigenvalue weighted by atomic mass is 10.0. The van der Waals surface area contributed by atoms with E-state index in [0.29, 0.717) is 6.54 Å². The first kappa shape index (κ1) is 9.96. The van der Waals surface area contributed by atoms with E-state index in [1.165, 1.54) is 0 Å². The number of hydrogen-bond donors (Lipinski definition) is 3. The highest BCUT2D eigenvalue weighted by Gasteiger charge is 2.27. The highest BCUT2D eigenvalue weighted by Crippen LogP contribution is 2.12. The van der Waals surface area contributed by atoms with Gasteiger partial charge >= 0.3 is 0 Å². The smallest absolute Gasteiger partial charge is 0.0662 e. The molecule has 2 atom stereocenters. The van der Waals surface area contributed by atoms with E-state index in [1.54, 1.807) is 0 Å². The van der Waals surface area contributed by atoms with Crippen LogP contribution in [0.5, 0.6) is 0 Å². The van der Waals surface area contributed by atoms with Crippen molar-refractivity contribution in [3.05, 3.63) is 0 Å². The van der Waals surface area contributed by atoms with Gasteiger partial charge < -0.3 is 15.7 Å². The number of β-amino-alcohol motifs (C(OH)–C–C–N with tert-alkyl or cyclic N) is 1. The van der Waals surface area contributed by atoms with Gasteiger partial charge in [-0.25, -0.2) is 0 Å². The van der Waals surface area contributed by atoms with Crippen LogP contribution < -0.4 is 10.6 Å². The van der Waals surface area contributed by atoms with Gasteiger partial charge in [0.1, 0.15) is 0 Å². The lowest BCUT2D eigenvalue weighted by Crippen LogP contribution is -2.47. The standard InChI is InChI=1S/C9H20N2O/c1-3-8(12)6-11-9(2)4-5-10-7-9/h8,10-12H,3-7H2,1-2H3. The van der Waals surface area contributed by atoms with Crippen LogP contribution in [0.3, 0.4) is 0 Å². The van der Waals surface area contributed by atoms with Crippen molar-refractivity contribution in [1.82, 2.24) is 10.6 Å². The maximum absolute atomic E-state index is 9.35. The van der Waals surface area contributed by atoms with E-state index in [4.69, 9.17) is 0 Å². The molecule has 12 heavy (non-hydrogen) atoms. The zero-order chi connectivity index (χ0) is 9.03. The molecule has 1 fully saturated rings. The summed E-state index contributed by atoms with van der Waals surface area (Å²) in [6.07, 6.45) is 1.79. The largest absolute Gasteiger partial charge is 0.392 e. The summed E-state index contributed by atoms with van der Waals surface area (Å²) in [6.45, 7) is 7.03. The molecule has 3 heteroatoms. The summed E-state index contributed by atoms with van der Waals surface area (Å²) in [5.74, 6) is 0. The van der Waals surface area contributed by atoms with Crippen LogP contribution in [-0.4, -0.2) is 36.4 Å². The summed E-state index contributed by atoms with van der Waals surface area (Å²) >= 11 is 0. The summed E-state index contributed by atoms with van der Waals surface area (Å²) in [5.41, 5.74) is 0.205. The molecule has 1 aliphatic heterocycles. The van der Waals surface area contributed by atoms with Crippen molar-refractivity contribution in [3.8, 4) is 0 Å². The van der Waals surface area contributed by atoms with Crippen LogP contribution in [0.15, 0.2) is 0 Å². The van der Waals surface area contributed by atoms with Crippen molar-refractivity contribution < 1.29 is 5.11 Å². The minimum atomic E-state index is -0.192. The third-order valence-electron chi connectivity index (χ3n) is 2.60. The Labute approximate surface area is 74.5 Å². The minimum absolute atomic E-state index is 0.192. The molecule has 3 nitrogen and oxygen atoms in total. The molecule has 1 aliphatic rings. The molecule has 0 spiro atoms. The second-order valence-corrected chi connectivity index (χ2v) is 3.93. The number of rotatable bonds is 4. The molecule has 1 heterocycles. The summed E-state index contributed by atoms with van der Waals surface area (Å²) in [4.78, 5) is 0. The lowest BCUT2D eigenvalue weighted by Gasteiger charge is -2.25. The van der Waals surface area contributed by atoms with Crippen molar-refractivity contribution in [3.63, 3.8) is 0 Å². The van der Waals surface area contributed by atoms with E-state index >= 15 is 0 Å². The second kappa shape index (κ2) is 4.21. The molecular weight excluding hydrogens is 152 g/mol. The predicted octanol–water partition coefficient (Wildman–Crippen LogP) is 0.0989. The van der Waals surface area contributed by atoms with Crippen LogP contribution in [-0.2, 0) is 0 Å². The first-order valence-electron chi connectivity index (χ1n) is 4.80. The summed E-state index contributed by atoms with van der Waals surface area (Å²) in [7, 11) is 0. The van der Waals surface area contributed by atoms with Crippen molar-refractivity contribution in [1.29, 1.82) is 0 Å². The Kier molecular flexibility index (Phi) is 3.50. The molecule has 0 saturated carbocycles. The van der Waals surface area contributed by atoms with E-state index in [0.717, 1.165) is 25.9 Å². The topological polar surface area (TPSA) is 44.3 Å². The lowest BCUT2D eigenvalue weighted by molar-refractivity contribution is 0.154. The highest BCUT2D eigenvalue weighted by atomic mass is 16.3. The Morgan fingerprint density at radius 2 is 2.42 bits per heavy atom. The first-order chi connectivity index (χ1) is 5.66. The molecule has 2 unspecified atom stereocenters. The zero-order valence-corrected chi connectivity index (χ0v) is 8.06. The zero-order valence-electron chi connectivity index (χ0n) is 8.06. The average Bonchev–Trinajstić information content (AvgIpc) is 2.49. The molecule has 0 aliphatic carbocycles. The van der Waals surface area contributed by atoms with Gasteiger partial charge in [-0.05, 0) is 26.3 Å². The maximum Gasteiger partial charge on any atom is 0.0662 e. The van der Waals surface area contributed by atoms with Gasteiger partial charge in [-0.15, -0.1) is 0 Å². The molecule has 0 aromatic heterocycles. The average molecular weight is 172 g/mol. The predicted molar refractivity (Wildman–Crippen MR) is 50.2 cm³/mol. The Balaban J connectivity index is 2.21.